The SMILES string of the molecule is Cc1nc(SCC(=O)NC(=O)[C@H]2COc3ccccc3O2)c2ccccc2n1. The summed E-state index contributed by atoms with van der Waals surface area (Å²) in [4.78, 5) is 33.4. The number of carbonyl (C=O) groups is 2. The van der Waals surface area contributed by atoms with Crippen LogP contribution in [0, 0.1) is 6.92 Å². The van der Waals surface area contributed by atoms with E-state index in [0.717, 1.165) is 10.9 Å². The molecule has 7 nitrogen and oxygen atoms in total. The molecule has 4 rings (SSSR count). The maximum atomic E-state index is 12.3. The molecule has 0 saturated heterocycles. The first-order valence-electron chi connectivity index (χ1n) is 8.68. The number of para-hydroxylation sites is 3. The van der Waals surface area contributed by atoms with Crippen LogP contribution in [0.3, 0.4) is 0 Å². The summed E-state index contributed by atoms with van der Waals surface area (Å²) in [6.07, 6.45) is -0.869. The number of aryl methyl sites for hydroxylation is 1. The molecule has 1 aliphatic rings. The van der Waals surface area contributed by atoms with Crippen molar-refractivity contribution in [2.75, 3.05) is 12.4 Å². The number of benzene rings is 2. The highest BCUT2D eigenvalue weighted by molar-refractivity contribution is 8.00. The van der Waals surface area contributed by atoms with E-state index in [-0.39, 0.29) is 12.4 Å². The summed E-state index contributed by atoms with van der Waals surface area (Å²) in [6, 6.07) is 14.7. The molecule has 2 amide bonds. The van der Waals surface area contributed by atoms with Gasteiger partial charge in [-0.25, -0.2) is 9.97 Å². The van der Waals surface area contributed by atoms with E-state index in [1.165, 1.54) is 11.8 Å². The molecular weight excluding hydrogens is 378 g/mol. The van der Waals surface area contributed by atoms with Gasteiger partial charge in [0.2, 0.25) is 12.0 Å². The predicted molar refractivity (Wildman–Crippen MR) is 105 cm³/mol. The second kappa shape index (κ2) is 7.85. The maximum absolute atomic E-state index is 12.3. The molecule has 0 aliphatic carbocycles. The molecule has 0 bridgehead atoms. The minimum Gasteiger partial charge on any atom is -0.485 e. The fraction of sp³-hybridized carbons (Fsp3) is 0.200. The lowest BCUT2D eigenvalue weighted by Crippen LogP contribution is -2.46. The van der Waals surface area contributed by atoms with Crippen LogP contribution in [0.1, 0.15) is 5.82 Å². The Labute approximate surface area is 165 Å². The number of fused-ring (bicyclic) bond motifs is 2. The van der Waals surface area contributed by atoms with Gasteiger partial charge in [-0.05, 0) is 25.1 Å². The molecule has 1 aliphatic heterocycles. The zero-order chi connectivity index (χ0) is 19.5. The predicted octanol–water partition coefficient (Wildman–Crippen LogP) is 2.51. The lowest BCUT2D eigenvalue weighted by molar-refractivity contribution is -0.135. The van der Waals surface area contributed by atoms with E-state index < -0.39 is 17.9 Å². The van der Waals surface area contributed by atoms with Crippen molar-refractivity contribution >= 4 is 34.5 Å². The summed E-state index contributed by atoms with van der Waals surface area (Å²) in [5.74, 6) is 0.805. The molecule has 1 N–H and O–H groups in total. The molecule has 0 saturated carbocycles. The number of nitrogens with one attached hydrogen (secondary N) is 1. The van der Waals surface area contributed by atoms with Crippen LogP contribution in [0.4, 0.5) is 0 Å². The largest absolute Gasteiger partial charge is 0.485 e. The van der Waals surface area contributed by atoms with Gasteiger partial charge < -0.3 is 9.47 Å². The Balaban J connectivity index is 1.37. The fourth-order valence-electron chi connectivity index (χ4n) is 2.81. The average Bonchev–Trinajstić information content (AvgIpc) is 2.71. The summed E-state index contributed by atoms with van der Waals surface area (Å²) in [6.45, 7) is 1.86. The van der Waals surface area contributed by atoms with Crippen molar-refractivity contribution in [1.82, 2.24) is 15.3 Å². The highest BCUT2D eigenvalue weighted by atomic mass is 32.2. The molecule has 0 radical (unpaired) electrons. The molecule has 1 atom stereocenters. The summed E-state index contributed by atoms with van der Waals surface area (Å²) in [7, 11) is 0. The highest BCUT2D eigenvalue weighted by Crippen LogP contribution is 2.31. The third kappa shape index (κ3) is 3.91. The van der Waals surface area contributed by atoms with Gasteiger partial charge in [-0.15, -0.1) is 0 Å². The number of ether oxygens (including phenoxy) is 2. The van der Waals surface area contributed by atoms with E-state index in [1.807, 2.05) is 30.3 Å². The third-order valence-corrected chi connectivity index (χ3v) is 5.07. The first-order valence-corrected chi connectivity index (χ1v) is 9.67. The second-order valence-corrected chi connectivity index (χ2v) is 7.12. The number of imide groups is 1. The number of nitrogens with zero attached hydrogens (tertiary/aromatic N) is 2. The standard InChI is InChI=1S/C20H17N3O4S/c1-12-21-14-7-3-2-6-13(14)20(22-12)28-11-18(24)23-19(25)17-10-26-15-8-4-5-9-16(15)27-17/h2-9,17H,10-11H2,1H3,(H,23,24,25)/t17-/m1/s1. The summed E-state index contributed by atoms with van der Waals surface area (Å²) < 4.78 is 11.1. The Morgan fingerprint density at radius 3 is 2.71 bits per heavy atom. The van der Waals surface area contributed by atoms with Crippen molar-refractivity contribution in [1.29, 1.82) is 0 Å². The van der Waals surface area contributed by atoms with Gasteiger partial charge in [-0.1, -0.05) is 42.1 Å². The smallest absolute Gasteiger partial charge is 0.271 e. The molecule has 3 aromatic rings. The monoisotopic (exact) mass is 395 g/mol. The van der Waals surface area contributed by atoms with Crippen LogP contribution in [0.25, 0.3) is 10.9 Å². The number of hydrogen-bond acceptors (Lipinski definition) is 7. The van der Waals surface area contributed by atoms with Crippen molar-refractivity contribution in [2.45, 2.75) is 18.1 Å². The van der Waals surface area contributed by atoms with E-state index in [4.69, 9.17) is 9.47 Å². The van der Waals surface area contributed by atoms with Crippen LogP contribution in [0.2, 0.25) is 0 Å². The van der Waals surface area contributed by atoms with Crippen LogP contribution in [0.15, 0.2) is 53.6 Å². The van der Waals surface area contributed by atoms with E-state index in [2.05, 4.69) is 15.3 Å². The molecule has 142 valence electrons. The molecule has 2 aromatic carbocycles. The van der Waals surface area contributed by atoms with Crippen molar-refractivity contribution in [3.05, 3.63) is 54.4 Å². The zero-order valence-electron chi connectivity index (χ0n) is 15.0. The molecule has 0 spiro atoms. The average molecular weight is 395 g/mol. The number of thioether (sulfide) groups is 1. The molecular formula is C20H17N3O4S. The van der Waals surface area contributed by atoms with Crippen LogP contribution in [-0.4, -0.2) is 40.2 Å². The minimum absolute atomic E-state index is 0.0519. The molecule has 28 heavy (non-hydrogen) atoms. The van der Waals surface area contributed by atoms with E-state index in [1.54, 1.807) is 25.1 Å². The van der Waals surface area contributed by atoms with Crippen LogP contribution in [0.5, 0.6) is 11.5 Å². The highest BCUT2D eigenvalue weighted by Gasteiger charge is 2.28. The topological polar surface area (TPSA) is 90.4 Å². The zero-order valence-corrected chi connectivity index (χ0v) is 15.9. The van der Waals surface area contributed by atoms with Gasteiger partial charge in [0.25, 0.3) is 5.91 Å². The van der Waals surface area contributed by atoms with Crippen molar-refractivity contribution in [3.63, 3.8) is 0 Å². The molecule has 1 aromatic heterocycles. The van der Waals surface area contributed by atoms with E-state index >= 15 is 0 Å². The van der Waals surface area contributed by atoms with Crippen LogP contribution < -0.4 is 14.8 Å². The lowest BCUT2D eigenvalue weighted by atomic mass is 10.2. The lowest BCUT2D eigenvalue weighted by Gasteiger charge is -2.25. The Hall–Kier alpha value is -3.13. The fourth-order valence-corrected chi connectivity index (χ4v) is 3.67. The minimum atomic E-state index is -0.869. The Morgan fingerprint density at radius 2 is 1.86 bits per heavy atom. The van der Waals surface area contributed by atoms with Crippen LogP contribution in [-0.2, 0) is 9.59 Å². The summed E-state index contributed by atoms with van der Waals surface area (Å²) in [5.41, 5.74) is 0.820. The van der Waals surface area contributed by atoms with Crippen LogP contribution >= 0.6 is 11.8 Å². The Kier molecular flexibility index (Phi) is 5.12. The maximum Gasteiger partial charge on any atom is 0.271 e. The quantitative estimate of drug-likeness (QED) is 0.536. The normalized spacial score (nSPS) is 15.2. The Bertz CT molecular complexity index is 1060. The number of rotatable bonds is 4. The third-order valence-electron chi connectivity index (χ3n) is 4.08. The van der Waals surface area contributed by atoms with Crippen molar-refractivity contribution in [3.8, 4) is 11.5 Å². The van der Waals surface area contributed by atoms with E-state index in [0.29, 0.717) is 22.3 Å². The molecule has 8 heteroatoms. The summed E-state index contributed by atoms with van der Waals surface area (Å²) >= 11 is 1.26. The number of aromatic nitrogens is 2. The van der Waals surface area contributed by atoms with Crippen molar-refractivity contribution in [2.24, 2.45) is 0 Å². The molecule has 0 fully saturated rings. The number of carbonyl (C=O) groups excluding carboxylic acids is 2. The van der Waals surface area contributed by atoms with Gasteiger partial charge in [0.15, 0.2) is 11.5 Å². The van der Waals surface area contributed by atoms with Gasteiger partial charge in [0.1, 0.15) is 17.5 Å². The van der Waals surface area contributed by atoms with Gasteiger partial charge in [-0.3, -0.25) is 14.9 Å². The first-order chi connectivity index (χ1) is 13.6. The summed E-state index contributed by atoms with van der Waals surface area (Å²) in [5, 5.41) is 3.94. The first kappa shape index (κ1) is 18.2. The molecule has 0 unspecified atom stereocenters. The van der Waals surface area contributed by atoms with E-state index in [9.17, 15) is 9.59 Å². The van der Waals surface area contributed by atoms with Crippen molar-refractivity contribution < 1.29 is 19.1 Å². The second-order valence-electron chi connectivity index (χ2n) is 6.16. The number of amides is 2. The molecule has 2 heterocycles. The van der Waals surface area contributed by atoms with Gasteiger partial charge in [-0.2, -0.15) is 0 Å². The van der Waals surface area contributed by atoms with Gasteiger partial charge in [0.05, 0.1) is 11.3 Å². The van der Waals surface area contributed by atoms with Gasteiger partial charge >= 0.3 is 0 Å². The number of hydrogen-bond donors (Lipinski definition) is 1. The van der Waals surface area contributed by atoms with Gasteiger partial charge in [0, 0.05) is 5.39 Å². The Morgan fingerprint density at radius 1 is 1.11 bits per heavy atom.